The van der Waals surface area contributed by atoms with E-state index < -0.39 is 10.0 Å². The number of benzene rings is 2. The molecule has 0 unspecified atom stereocenters. The molecular weight excluding hydrogens is 434 g/mol. The standard InChI is InChI=1S/C22H17N3O4S2/c1-24-18-5-4-17(10-15(18)12-22(24)26)31(27,28)25-8-9-29-20-6-2-14(11-19(20)25)21-7-3-16(13-23)30-21/h2-7,10-11H,8-9,12H2,1H3. The van der Waals surface area contributed by atoms with E-state index in [9.17, 15) is 13.2 Å². The van der Waals surface area contributed by atoms with E-state index in [4.69, 9.17) is 10.00 Å². The summed E-state index contributed by atoms with van der Waals surface area (Å²) in [5.41, 5.74) is 2.72. The summed E-state index contributed by atoms with van der Waals surface area (Å²) in [5.74, 6) is 0.435. The Morgan fingerprint density at radius 1 is 1.10 bits per heavy atom. The van der Waals surface area contributed by atoms with Gasteiger partial charge in [-0.05, 0) is 59.7 Å². The number of amides is 1. The number of hydrogen-bond donors (Lipinski definition) is 0. The van der Waals surface area contributed by atoms with E-state index in [2.05, 4.69) is 6.07 Å². The third kappa shape index (κ3) is 3.15. The largest absolute Gasteiger partial charge is 0.489 e. The number of fused-ring (bicyclic) bond motifs is 2. The second-order valence-corrected chi connectivity index (χ2v) is 10.2. The molecule has 7 nitrogen and oxygen atoms in total. The van der Waals surface area contributed by atoms with E-state index in [-0.39, 0.29) is 30.4 Å². The van der Waals surface area contributed by atoms with Crippen LogP contribution in [0.4, 0.5) is 11.4 Å². The SMILES string of the molecule is CN1C(=O)Cc2cc(S(=O)(=O)N3CCOc4ccc(-c5ccc(C#N)s5)cc43)ccc21. The lowest BCUT2D eigenvalue weighted by Gasteiger charge is -2.31. The van der Waals surface area contributed by atoms with Crippen molar-refractivity contribution in [1.29, 1.82) is 5.26 Å². The van der Waals surface area contributed by atoms with Crippen LogP contribution in [0.25, 0.3) is 10.4 Å². The van der Waals surface area contributed by atoms with E-state index >= 15 is 0 Å². The molecule has 0 bridgehead atoms. The molecule has 1 amide bonds. The van der Waals surface area contributed by atoms with Crippen molar-refractivity contribution in [3.63, 3.8) is 0 Å². The maximum Gasteiger partial charge on any atom is 0.264 e. The molecule has 3 aromatic rings. The quantitative estimate of drug-likeness (QED) is 0.609. The van der Waals surface area contributed by atoms with Crippen molar-refractivity contribution in [3.05, 3.63) is 59.0 Å². The summed E-state index contributed by atoms with van der Waals surface area (Å²) in [6, 6.07) is 15.9. The normalized spacial score (nSPS) is 15.3. The molecule has 2 aliphatic rings. The van der Waals surface area contributed by atoms with Crippen LogP contribution in [0.3, 0.4) is 0 Å². The molecular formula is C22H17N3O4S2. The minimum absolute atomic E-state index is 0.0569. The van der Waals surface area contributed by atoms with Crippen LogP contribution in [-0.2, 0) is 21.2 Å². The van der Waals surface area contributed by atoms with Gasteiger partial charge in [0.05, 0.1) is 23.5 Å². The molecule has 0 N–H and O–H groups in total. The van der Waals surface area contributed by atoms with E-state index in [1.54, 1.807) is 48.3 Å². The van der Waals surface area contributed by atoms with Crippen LogP contribution in [0, 0.1) is 11.3 Å². The molecule has 3 heterocycles. The Morgan fingerprint density at radius 3 is 2.71 bits per heavy atom. The van der Waals surface area contributed by atoms with Crippen LogP contribution in [0.15, 0.2) is 53.4 Å². The summed E-state index contributed by atoms with van der Waals surface area (Å²) in [7, 11) is -2.17. The van der Waals surface area contributed by atoms with Crippen molar-refractivity contribution in [3.8, 4) is 22.3 Å². The molecule has 0 fully saturated rings. The topological polar surface area (TPSA) is 90.7 Å². The zero-order chi connectivity index (χ0) is 21.8. The van der Waals surface area contributed by atoms with Gasteiger partial charge in [0, 0.05) is 17.6 Å². The second-order valence-electron chi connectivity index (χ2n) is 7.30. The number of anilines is 2. The fraction of sp³-hybridized carbons (Fsp3) is 0.182. The van der Waals surface area contributed by atoms with Crippen LogP contribution < -0.4 is 13.9 Å². The van der Waals surface area contributed by atoms with Gasteiger partial charge in [0.15, 0.2) is 0 Å². The van der Waals surface area contributed by atoms with Gasteiger partial charge < -0.3 is 9.64 Å². The predicted octanol–water partition coefficient (Wildman–Crippen LogP) is 3.39. The molecule has 9 heteroatoms. The van der Waals surface area contributed by atoms with Crippen molar-refractivity contribution >= 4 is 38.6 Å². The van der Waals surface area contributed by atoms with E-state index in [1.165, 1.54) is 15.6 Å². The van der Waals surface area contributed by atoms with Gasteiger partial charge in [-0.25, -0.2) is 8.42 Å². The van der Waals surface area contributed by atoms with Crippen LogP contribution in [0.5, 0.6) is 5.75 Å². The zero-order valence-electron chi connectivity index (χ0n) is 16.5. The van der Waals surface area contributed by atoms with Crippen molar-refractivity contribution in [1.82, 2.24) is 0 Å². The lowest BCUT2D eigenvalue weighted by molar-refractivity contribution is -0.117. The van der Waals surface area contributed by atoms with Crippen LogP contribution in [-0.4, -0.2) is 34.5 Å². The van der Waals surface area contributed by atoms with Crippen LogP contribution in [0.2, 0.25) is 0 Å². The number of sulfonamides is 1. The van der Waals surface area contributed by atoms with Crippen molar-refractivity contribution < 1.29 is 17.9 Å². The molecule has 0 saturated heterocycles. The average Bonchev–Trinajstić information content (AvgIpc) is 3.37. The Balaban J connectivity index is 1.56. The molecule has 31 heavy (non-hydrogen) atoms. The first-order chi connectivity index (χ1) is 14.9. The van der Waals surface area contributed by atoms with Gasteiger partial charge in [-0.3, -0.25) is 9.10 Å². The van der Waals surface area contributed by atoms with Gasteiger partial charge >= 0.3 is 0 Å². The minimum Gasteiger partial charge on any atom is -0.489 e. The molecule has 2 aliphatic heterocycles. The van der Waals surface area contributed by atoms with Gasteiger partial charge in [0.25, 0.3) is 10.0 Å². The molecule has 0 aliphatic carbocycles. The van der Waals surface area contributed by atoms with Gasteiger partial charge in [0.1, 0.15) is 23.3 Å². The third-order valence-electron chi connectivity index (χ3n) is 5.50. The third-order valence-corrected chi connectivity index (χ3v) is 8.34. The summed E-state index contributed by atoms with van der Waals surface area (Å²) in [6.45, 7) is 0.428. The number of hydrogen-bond acceptors (Lipinski definition) is 6. The molecule has 0 spiro atoms. The maximum atomic E-state index is 13.5. The second kappa shape index (κ2) is 7.11. The first-order valence-corrected chi connectivity index (χ1v) is 11.8. The molecule has 0 radical (unpaired) electrons. The fourth-order valence-electron chi connectivity index (χ4n) is 3.88. The smallest absolute Gasteiger partial charge is 0.264 e. The molecule has 2 aromatic carbocycles. The number of nitrogens with zero attached hydrogens (tertiary/aromatic N) is 3. The van der Waals surface area contributed by atoms with E-state index in [0.29, 0.717) is 21.9 Å². The van der Waals surface area contributed by atoms with Gasteiger partial charge in [0.2, 0.25) is 5.91 Å². The average molecular weight is 452 g/mol. The predicted molar refractivity (Wildman–Crippen MR) is 118 cm³/mol. The zero-order valence-corrected chi connectivity index (χ0v) is 18.2. The summed E-state index contributed by atoms with van der Waals surface area (Å²) < 4.78 is 34.1. The number of ether oxygens (including phenoxy) is 1. The monoisotopic (exact) mass is 451 g/mol. The Labute approximate surface area is 183 Å². The Hall–Kier alpha value is -3.35. The summed E-state index contributed by atoms with van der Waals surface area (Å²) in [4.78, 5) is 15.1. The Kier molecular flexibility index (Phi) is 4.50. The minimum atomic E-state index is -3.86. The summed E-state index contributed by atoms with van der Waals surface area (Å²) in [6.07, 6.45) is 0.193. The van der Waals surface area contributed by atoms with Crippen LogP contribution in [0.1, 0.15) is 10.4 Å². The van der Waals surface area contributed by atoms with E-state index in [0.717, 1.165) is 16.1 Å². The highest BCUT2D eigenvalue weighted by Gasteiger charge is 2.33. The number of likely N-dealkylation sites (N-methyl/N-ethyl adjacent to an activating group) is 1. The lowest BCUT2D eigenvalue weighted by Crippen LogP contribution is -2.38. The number of thiophene rings is 1. The van der Waals surface area contributed by atoms with Crippen molar-refractivity contribution in [2.24, 2.45) is 0 Å². The Morgan fingerprint density at radius 2 is 1.94 bits per heavy atom. The first-order valence-electron chi connectivity index (χ1n) is 9.58. The maximum absolute atomic E-state index is 13.5. The fourth-order valence-corrected chi connectivity index (χ4v) is 6.19. The van der Waals surface area contributed by atoms with Crippen molar-refractivity contribution in [2.45, 2.75) is 11.3 Å². The van der Waals surface area contributed by atoms with Gasteiger partial charge in [-0.1, -0.05) is 0 Å². The van der Waals surface area contributed by atoms with Gasteiger partial charge in [-0.2, -0.15) is 5.26 Å². The van der Waals surface area contributed by atoms with Crippen molar-refractivity contribution in [2.75, 3.05) is 29.4 Å². The highest BCUT2D eigenvalue weighted by Crippen LogP contribution is 2.40. The summed E-state index contributed by atoms with van der Waals surface area (Å²) in [5, 5.41) is 9.09. The number of nitriles is 1. The number of carbonyl (C=O) groups is 1. The molecule has 156 valence electrons. The molecule has 5 rings (SSSR count). The lowest BCUT2D eigenvalue weighted by atomic mass is 10.1. The highest BCUT2D eigenvalue weighted by atomic mass is 32.2. The van der Waals surface area contributed by atoms with Crippen LogP contribution >= 0.6 is 11.3 Å². The highest BCUT2D eigenvalue weighted by molar-refractivity contribution is 7.92. The molecule has 1 aromatic heterocycles. The first kappa shape index (κ1) is 19.6. The van der Waals surface area contributed by atoms with Gasteiger partial charge in [-0.15, -0.1) is 11.3 Å². The Bertz CT molecular complexity index is 1370. The molecule has 0 saturated carbocycles. The number of rotatable bonds is 3. The van der Waals surface area contributed by atoms with E-state index in [1.807, 2.05) is 12.1 Å². The number of carbonyl (C=O) groups excluding carboxylic acids is 1. The summed E-state index contributed by atoms with van der Waals surface area (Å²) >= 11 is 1.35. The molecule has 0 atom stereocenters.